The van der Waals surface area contributed by atoms with Crippen LogP contribution in [0.4, 0.5) is 0 Å². The second kappa shape index (κ2) is 10.9. The van der Waals surface area contributed by atoms with Gasteiger partial charge in [-0.1, -0.05) is 11.6 Å². The first kappa shape index (κ1) is 27.9. The van der Waals surface area contributed by atoms with Gasteiger partial charge in [0.25, 0.3) is 17.3 Å². The summed E-state index contributed by atoms with van der Waals surface area (Å²) in [6, 6.07) is 4.16. The number of pyridine rings is 1. The molecule has 216 valence electrons. The number of nitrogens with zero attached hydrogens (tertiary/aromatic N) is 1. The van der Waals surface area contributed by atoms with Gasteiger partial charge < -0.3 is 24.5 Å². The number of ether oxygens (including phenoxy) is 3. The zero-order chi connectivity index (χ0) is 28.2. The number of aromatic nitrogens is 1. The highest BCUT2D eigenvalue weighted by Gasteiger charge is 2.49. The molecule has 10 heteroatoms. The molecular formula is C30H38ClN3O5S. The van der Waals surface area contributed by atoms with Crippen LogP contribution in [0.5, 0.6) is 11.5 Å². The number of fused-ring (bicyclic) bond motifs is 2. The largest absolute Gasteiger partial charge is 0.448 e. The highest BCUT2D eigenvalue weighted by molar-refractivity contribution is 7.98. The van der Waals surface area contributed by atoms with E-state index in [1.807, 2.05) is 33.1 Å². The van der Waals surface area contributed by atoms with E-state index in [9.17, 15) is 9.59 Å². The molecule has 1 aromatic heterocycles. The Kier molecular flexibility index (Phi) is 7.61. The molecule has 3 atom stereocenters. The Balaban J connectivity index is 1.12. The zero-order valence-corrected chi connectivity index (χ0v) is 25.2. The summed E-state index contributed by atoms with van der Waals surface area (Å²) in [7, 11) is 0. The summed E-state index contributed by atoms with van der Waals surface area (Å²) in [4.78, 5) is 32.1. The molecule has 40 heavy (non-hydrogen) atoms. The summed E-state index contributed by atoms with van der Waals surface area (Å²) in [5, 5.41) is 3.25. The Labute approximate surface area is 244 Å². The van der Waals surface area contributed by atoms with Gasteiger partial charge in [-0.25, -0.2) is 0 Å². The smallest absolute Gasteiger partial charge is 0.254 e. The van der Waals surface area contributed by atoms with Gasteiger partial charge in [-0.05, 0) is 57.9 Å². The molecule has 3 aliphatic heterocycles. The number of carbonyl (C=O) groups excluding carboxylic acids is 1. The molecule has 8 nitrogen and oxygen atoms in total. The SMILES string of the molecule is CSc1cc(C)[nH]c(=O)c1CNC(=O)c1cc(Cl)c2c(c1C)O[C@@](C)([C@H]1CC[C@H](N3CC4COCC4C3)CC1)O2. The van der Waals surface area contributed by atoms with Crippen LogP contribution in [0.2, 0.25) is 5.02 Å². The number of likely N-dealkylation sites (tertiary alicyclic amines) is 1. The lowest BCUT2D eigenvalue weighted by molar-refractivity contribution is -0.124. The lowest BCUT2D eigenvalue weighted by Crippen LogP contribution is -2.47. The zero-order valence-electron chi connectivity index (χ0n) is 23.6. The number of hydrogen-bond donors (Lipinski definition) is 2. The number of thioether (sulfide) groups is 1. The van der Waals surface area contributed by atoms with Crippen molar-refractivity contribution in [1.29, 1.82) is 0 Å². The fourth-order valence-corrected chi connectivity index (χ4v) is 7.97. The molecule has 2 saturated heterocycles. The molecule has 0 spiro atoms. The van der Waals surface area contributed by atoms with E-state index in [0.717, 1.165) is 62.6 Å². The van der Waals surface area contributed by atoms with E-state index >= 15 is 0 Å². The Hall–Kier alpha value is -2.20. The van der Waals surface area contributed by atoms with Gasteiger partial charge in [0.15, 0.2) is 11.5 Å². The monoisotopic (exact) mass is 587 g/mol. The maximum absolute atomic E-state index is 13.3. The average Bonchev–Trinajstić information content (AvgIpc) is 3.64. The van der Waals surface area contributed by atoms with Crippen molar-refractivity contribution in [2.24, 2.45) is 17.8 Å². The molecule has 0 bridgehead atoms. The third kappa shape index (κ3) is 5.03. The Morgan fingerprint density at radius 3 is 2.48 bits per heavy atom. The van der Waals surface area contributed by atoms with E-state index in [1.165, 1.54) is 11.8 Å². The van der Waals surface area contributed by atoms with Gasteiger partial charge in [0.05, 0.1) is 18.2 Å². The molecule has 2 aromatic rings. The van der Waals surface area contributed by atoms with Crippen LogP contribution < -0.4 is 20.3 Å². The van der Waals surface area contributed by atoms with E-state index in [-0.39, 0.29) is 23.9 Å². The van der Waals surface area contributed by atoms with Crippen LogP contribution in [-0.4, -0.2) is 60.2 Å². The number of nitrogens with one attached hydrogen (secondary N) is 2. The van der Waals surface area contributed by atoms with E-state index in [2.05, 4.69) is 15.2 Å². The maximum atomic E-state index is 13.3. The molecule has 2 N–H and O–H groups in total. The van der Waals surface area contributed by atoms with E-state index in [0.29, 0.717) is 51.1 Å². The number of amides is 1. The number of aryl methyl sites for hydroxylation is 1. The van der Waals surface area contributed by atoms with E-state index in [1.54, 1.807) is 6.07 Å². The van der Waals surface area contributed by atoms with Crippen molar-refractivity contribution < 1.29 is 19.0 Å². The number of benzene rings is 1. The normalized spacial score (nSPS) is 29.5. The van der Waals surface area contributed by atoms with Crippen LogP contribution in [0.1, 0.15) is 59.8 Å². The van der Waals surface area contributed by atoms with Gasteiger partial charge in [0.1, 0.15) is 0 Å². The maximum Gasteiger partial charge on any atom is 0.254 e. The van der Waals surface area contributed by atoms with Crippen molar-refractivity contribution in [2.45, 2.75) is 69.7 Å². The number of H-pyrrole nitrogens is 1. The first-order chi connectivity index (χ1) is 19.2. The number of halogens is 1. The molecule has 0 radical (unpaired) electrons. The van der Waals surface area contributed by atoms with Crippen LogP contribution in [0.3, 0.4) is 0 Å². The number of rotatable bonds is 6. The predicted octanol–water partition coefficient (Wildman–Crippen LogP) is 4.92. The average molecular weight is 588 g/mol. The first-order valence-corrected chi connectivity index (χ1v) is 15.8. The second-order valence-corrected chi connectivity index (χ2v) is 13.2. The highest BCUT2D eigenvalue weighted by Crippen LogP contribution is 2.52. The van der Waals surface area contributed by atoms with Crippen LogP contribution >= 0.6 is 23.4 Å². The summed E-state index contributed by atoms with van der Waals surface area (Å²) < 4.78 is 18.6. The van der Waals surface area contributed by atoms with Crippen molar-refractivity contribution in [1.82, 2.24) is 15.2 Å². The van der Waals surface area contributed by atoms with Crippen molar-refractivity contribution in [2.75, 3.05) is 32.6 Å². The van der Waals surface area contributed by atoms with Crippen LogP contribution in [0, 0.1) is 31.6 Å². The second-order valence-electron chi connectivity index (χ2n) is 11.9. The molecule has 3 fully saturated rings. The number of aromatic amines is 1. The van der Waals surface area contributed by atoms with Crippen LogP contribution in [0.25, 0.3) is 0 Å². The third-order valence-electron chi connectivity index (χ3n) is 9.39. The lowest BCUT2D eigenvalue weighted by atomic mass is 9.81. The van der Waals surface area contributed by atoms with Crippen LogP contribution in [-0.2, 0) is 11.3 Å². The van der Waals surface area contributed by atoms with Gasteiger partial charge >= 0.3 is 0 Å². The van der Waals surface area contributed by atoms with E-state index in [4.69, 9.17) is 25.8 Å². The molecule has 1 amide bonds. The Bertz CT molecular complexity index is 1360. The molecule has 2 unspecified atom stereocenters. The molecule has 1 aliphatic carbocycles. The fourth-order valence-electron chi connectivity index (χ4n) is 7.03. The van der Waals surface area contributed by atoms with Gasteiger partial charge in [-0.2, -0.15) is 0 Å². The van der Waals surface area contributed by atoms with Crippen molar-refractivity contribution in [3.8, 4) is 11.5 Å². The predicted molar refractivity (Wildman–Crippen MR) is 156 cm³/mol. The molecule has 4 heterocycles. The van der Waals surface area contributed by atoms with Gasteiger partial charge in [0.2, 0.25) is 0 Å². The minimum atomic E-state index is -0.825. The standard InChI is InChI=1S/C30H38ClN3O5S/c1-16-9-25(40-4)23(29(36)33-16)11-32-28(35)22-10-24(31)27-26(17(22)2)38-30(3,39-27)20-5-7-21(8-6-20)34-12-18-14-37-15-19(18)13-34/h9-10,18-21H,5-8,11-15H2,1-4H3,(H,32,35)(H,33,36)/t18?,19?,20-,21-,30-/m1/s1. The van der Waals surface area contributed by atoms with Gasteiger partial charge in [-0.3, -0.25) is 14.5 Å². The minimum Gasteiger partial charge on any atom is -0.448 e. The quantitative estimate of drug-likeness (QED) is 0.463. The molecule has 6 rings (SSSR count). The van der Waals surface area contributed by atoms with Crippen molar-refractivity contribution >= 4 is 29.3 Å². The van der Waals surface area contributed by atoms with Gasteiger partial charge in [0, 0.05) is 77.6 Å². The fraction of sp³-hybridized carbons (Fsp3) is 0.600. The lowest BCUT2D eigenvalue weighted by Gasteiger charge is -2.40. The topological polar surface area (TPSA) is 92.9 Å². The van der Waals surface area contributed by atoms with Crippen LogP contribution in [0.15, 0.2) is 21.8 Å². The summed E-state index contributed by atoms with van der Waals surface area (Å²) in [6.45, 7) is 9.96. The highest BCUT2D eigenvalue weighted by atomic mass is 35.5. The number of hydrogen-bond acceptors (Lipinski definition) is 7. The summed E-state index contributed by atoms with van der Waals surface area (Å²) >= 11 is 8.14. The molecule has 1 saturated carbocycles. The Morgan fingerprint density at radius 1 is 1.12 bits per heavy atom. The summed E-state index contributed by atoms with van der Waals surface area (Å²) in [6.07, 6.45) is 6.20. The third-order valence-corrected chi connectivity index (χ3v) is 10.5. The molecular weight excluding hydrogens is 550 g/mol. The first-order valence-electron chi connectivity index (χ1n) is 14.2. The number of carbonyl (C=O) groups is 1. The molecule has 1 aromatic carbocycles. The van der Waals surface area contributed by atoms with Gasteiger partial charge in [-0.15, -0.1) is 11.8 Å². The summed E-state index contributed by atoms with van der Waals surface area (Å²) in [5.41, 5.74) is 2.22. The minimum absolute atomic E-state index is 0.114. The van der Waals surface area contributed by atoms with Crippen molar-refractivity contribution in [3.05, 3.63) is 49.9 Å². The molecule has 4 aliphatic rings. The summed E-state index contributed by atoms with van der Waals surface area (Å²) in [5.74, 6) is 1.54. The van der Waals surface area contributed by atoms with E-state index < -0.39 is 5.79 Å². The van der Waals surface area contributed by atoms with Crippen molar-refractivity contribution in [3.63, 3.8) is 0 Å². The Morgan fingerprint density at radius 2 is 1.80 bits per heavy atom.